The number of amides is 2. The Bertz CT molecular complexity index is 511. The lowest BCUT2D eigenvalue weighted by Crippen LogP contribution is -2.42. The van der Waals surface area contributed by atoms with Gasteiger partial charge in [-0.25, -0.2) is 0 Å². The monoisotopic (exact) mass is 382 g/mol. The van der Waals surface area contributed by atoms with Crippen LogP contribution < -0.4 is 10.6 Å². The largest absolute Gasteiger partial charge is 0.481 e. The maximum atomic E-state index is 12.0. The Morgan fingerprint density at radius 2 is 1.63 bits per heavy atom. The summed E-state index contributed by atoms with van der Waals surface area (Å²) in [6.45, 7) is 2.57. The molecule has 0 aliphatic carbocycles. The van der Waals surface area contributed by atoms with Crippen LogP contribution >= 0.6 is 0 Å². The van der Waals surface area contributed by atoms with E-state index in [0.717, 1.165) is 51.4 Å². The van der Waals surface area contributed by atoms with E-state index in [0.29, 0.717) is 30.9 Å². The minimum Gasteiger partial charge on any atom is -0.481 e. The van der Waals surface area contributed by atoms with Crippen LogP contribution in [0.15, 0.2) is 0 Å². The average molecular weight is 383 g/mol. The molecule has 154 valence electrons. The lowest BCUT2D eigenvalue weighted by molar-refractivity contribution is -0.137. The molecule has 0 aromatic heterocycles. The Morgan fingerprint density at radius 3 is 2.33 bits per heavy atom. The van der Waals surface area contributed by atoms with E-state index < -0.39 is 5.97 Å². The van der Waals surface area contributed by atoms with Crippen LogP contribution in [0.2, 0.25) is 0 Å². The molecule has 4 atom stereocenters. The molecule has 7 heteroatoms. The Kier molecular flexibility index (Phi) is 9.04. The van der Waals surface area contributed by atoms with Crippen molar-refractivity contribution < 1.29 is 24.2 Å². The number of carbonyl (C=O) groups is 3. The molecule has 2 bridgehead atoms. The van der Waals surface area contributed by atoms with Gasteiger partial charge in [-0.2, -0.15) is 0 Å². The van der Waals surface area contributed by atoms with Gasteiger partial charge in [0.15, 0.2) is 0 Å². The summed E-state index contributed by atoms with van der Waals surface area (Å²) >= 11 is 0. The minimum absolute atomic E-state index is 0.0365. The lowest BCUT2D eigenvalue weighted by Gasteiger charge is -2.28. The number of unbranched alkanes of at least 4 members (excludes halogenated alkanes) is 3. The number of ether oxygens (including phenoxy) is 1. The van der Waals surface area contributed by atoms with E-state index in [9.17, 15) is 14.4 Å². The van der Waals surface area contributed by atoms with Crippen molar-refractivity contribution in [3.8, 4) is 0 Å². The Hall–Kier alpha value is -1.63. The summed E-state index contributed by atoms with van der Waals surface area (Å²) in [5.41, 5.74) is 0. The zero-order chi connectivity index (χ0) is 19.6. The standard InChI is InChI=1S/C20H34N2O5/c1-2-7-18(23)22-13-19(24)21-12-15-14(16-10-11-17(15)27-16)8-5-3-4-6-9-20(25)26/h14-17H,2-13H2,1H3,(H,21,24)(H,22,23)(H,25,26). The van der Waals surface area contributed by atoms with Crippen LogP contribution in [0.3, 0.4) is 0 Å². The van der Waals surface area contributed by atoms with Gasteiger partial charge in [-0.05, 0) is 38.0 Å². The molecule has 2 amide bonds. The van der Waals surface area contributed by atoms with Gasteiger partial charge < -0.3 is 20.5 Å². The molecule has 0 saturated carbocycles. The van der Waals surface area contributed by atoms with Crippen molar-refractivity contribution in [1.29, 1.82) is 0 Å². The molecule has 0 radical (unpaired) electrons. The Balaban J connectivity index is 1.67. The zero-order valence-corrected chi connectivity index (χ0v) is 16.4. The first-order chi connectivity index (χ1) is 13.0. The second-order valence-corrected chi connectivity index (χ2v) is 7.80. The van der Waals surface area contributed by atoms with Gasteiger partial charge in [-0.1, -0.05) is 26.2 Å². The first kappa shape index (κ1) is 21.7. The van der Waals surface area contributed by atoms with Gasteiger partial charge in [0.1, 0.15) is 0 Å². The molecule has 27 heavy (non-hydrogen) atoms. The van der Waals surface area contributed by atoms with Crippen molar-refractivity contribution in [2.24, 2.45) is 11.8 Å². The summed E-state index contributed by atoms with van der Waals surface area (Å²) in [7, 11) is 0. The lowest BCUT2D eigenvalue weighted by atomic mass is 9.76. The number of carboxylic acids is 1. The van der Waals surface area contributed by atoms with Gasteiger partial charge in [0, 0.05) is 25.3 Å². The van der Waals surface area contributed by atoms with Crippen molar-refractivity contribution in [2.45, 2.75) is 83.3 Å². The van der Waals surface area contributed by atoms with E-state index in [-0.39, 0.29) is 30.9 Å². The number of rotatable bonds is 13. The van der Waals surface area contributed by atoms with Crippen LogP contribution in [0.1, 0.15) is 71.1 Å². The van der Waals surface area contributed by atoms with Gasteiger partial charge in [0.2, 0.25) is 11.8 Å². The molecule has 2 saturated heterocycles. The number of fused-ring (bicyclic) bond motifs is 2. The first-order valence-electron chi connectivity index (χ1n) is 10.4. The van der Waals surface area contributed by atoms with E-state index in [1.54, 1.807) is 0 Å². The highest BCUT2D eigenvalue weighted by Crippen LogP contribution is 2.45. The van der Waals surface area contributed by atoms with E-state index in [1.165, 1.54) is 0 Å². The van der Waals surface area contributed by atoms with Crippen LogP contribution in [-0.4, -0.2) is 48.2 Å². The molecule has 2 aliphatic heterocycles. The smallest absolute Gasteiger partial charge is 0.303 e. The summed E-state index contributed by atoms with van der Waals surface area (Å²) in [5, 5.41) is 14.3. The van der Waals surface area contributed by atoms with E-state index in [2.05, 4.69) is 10.6 Å². The Labute approximate surface area is 161 Å². The normalized spacial score (nSPS) is 26.1. The molecule has 3 N–H and O–H groups in total. The maximum Gasteiger partial charge on any atom is 0.303 e. The minimum atomic E-state index is -0.724. The van der Waals surface area contributed by atoms with Crippen molar-refractivity contribution in [2.75, 3.05) is 13.1 Å². The van der Waals surface area contributed by atoms with Crippen molar-refractivity contribution >= 4 is 17.8 Å². The molecular formula is C20H34N2O5. The molecule has 0 spiro atoms. The topological polar surface area (TPSA) is 105 Å². The fourth-order valence-electron chi connectivity index (χ4n) is 4.35. The van der Waals surface area contributed by atoms with Crippen molar-refractivity contribution in [3.63, 3.8) is 0 Å². The first-order valence-corrected chi connectivity index (χ1v) is 10.4. The molecule has 0 aromatic rings. The second-order valence-electron chi connectivity index (χ2n) is 7.80. The predicted octanol–water partition coefficient (Wildman–Crippen LogP) is 2.24. The third-order valence-corrected chi connectivity index (χ3v) is 5.73. The summed E-state index contributed by atoms with van der Waals surface area (Å²) in [5.74, 6) is -0.138. The van der Waals surface area contributed by atoms with Gasteiger partial charge in [-0.3, -0.25) is 14.4 Å². The number of hydrogen-bond donors (Lipinski definition) is 3. The number of carbonyl (C=O) groups excluding carboxylic acids is 2. The highest BCUT2D eigenvalue weighted by atomic mass is 16.5. The maximum absolute atomic E-state index is 12.0. The summed E-state index contributed by atoms with van der Waals surface area (Å²) in [6, 6.07) is 0. The number of hydrogen-bond acceptors (Lipinski definition) is 4. The molecule has 7 nitrogen and oxygen atoms in total. The molecular weight excluding hydrogens is 348 g/mol. The molecule has 4 unspecified atom stereocenters. The molecule has 0 aromatic carbocycles. The third kappa shape index (κ3) is 7.13. The quantitative estimate of drug-likeness (QED) is 0.424. The number of aliphatic carboxylic acids is 1. The van der Waals surface area contributed by atoms with Crippen LogP contribution in [-0.2, 0) is 19.1 Å². The zero-order valence-electron chi connectivity index (χ0n) is 16.4. The molecule has 2 fully saturated rings. The molecule has 2 aliphatic rings. The number of carboxylic acid groups (broad SMARTS) is 1. The van der Waals surface area contributed by atoms with Crippen LogP contribution in [0.25, 0.3) is 0 Å². The van der Waals surface area contributed by atoms with Gasteiger partial charge in [-0.15, -0.1) is 0 Å². The summed E-state index contributed by atoms with van der Waals surface area (Å²) < 4.78 is 6.07. The predicted molar refractivity (Wildman–Crippen MR) is 101 cm³/mol. The van der Waals surface area contributed by atoms with Gasteiger partial charge in [0.25, 0.3) is 0 Å². The molecule has 2 rings (SSSR count). The SMILES string of the molecule is CCCC(=O)NCC(=O)NCC1C2CCC(O2)C1CCCCCCC(=O)O. The van der Waals surface area contributed by atoms with E-state index in [4.69, 9.17) is 9.84 Å². The van der Waals surface area contributed by atoms with Gasteiger partial charge in [0.05, 0.1) is 18.8 Å². The van der Waals surface area contributed by atoms with Crippen LogP contribution in [0, 0.1) is 11.8 Å². The van der Waals surface area contributed by atoms with E-state index >= 15 is 0 Å². The second kappa shape index (κ2) is 11.3. The fraction of sp³-hybridized carbons (Fsp3) is 0.850. The highest BCUT2D eigenvalue weighted by molar-refractivity contribution is 5.84. The average Bonchev–Trinajstić information content (AvgIpc) is 3.22. The van der Waals surface area contributed by atoms with Crippen LogP contribution in [0.5, 0.6) is 0 Å². The fourth-order valence-corrected chi connectivity index (χ4v) is 4.35. The van der Waals surface area contributed by atoms with Crippen LogP contribution in [0.4, 0.5) is 0 Å². The summed E-state index contributed by atoms with van der Waals surface area (Å²) in [4.78, 5) is 34.0. The third-order valence-electron chi connectivity index (χ3n) is 5.73. The summed E-state index contributed by atoms with van der Waals surface area (Å²) in [6.07, 6.45) is 9.07. The number of nitrogens with one attached hydrogen (secondary N) is 2. The highest BCUT2D eigenvalue weighted by Gasteiger charge is 2.48. The van der Waals surface area contributed by atoms with E-state index in [1.807, 2.05) is 6.92 Å². The van der Waals surface area contributed by atoms with Crippen molar-refractivity contribution in [3.05, 3.63) is 0 Å². The molecule has 2 heterocycles. The van der Waals surface area contributed by atoms with Gasteiger partial charge >= 0.3 is 5.97 Å². The Morgan fingerprint density at radius 1 is 0.926 bits per heavy atom. The van der Waals surface area contributed by atoms with Crippen molar-refractivity contribution in [1.82, 2.24) is 10.6 Å².